The lowest BCUT2D eigenvalue weighted by Gasteiger charge is -2.34. The van der Waals surface area contributed by atoms with Gasteiger partial charge < -0.3 is 10.2 Å². The molecule has 0 radical (unpaired) electrons. The zero-order valence-electron chi connectivity index (χ0n) is 13.5. The number of hydrogen-bond donors (Lipinski definition) is 1. The molecule has 2 nitrogen and oxygen atoms in total. The smallest absolute Gasteiger partial charge is 0.0230 e. The van der Waals surface area contributed by atoms with Crippen molar-refractivity contribution in [2.45, 2.75) is 46.7 Å². The van der Waals surface area contributed by atoms with Crippen molar-refractivity contribution in [1.29, 1.82) is 0 Å². The first-order valence-electron chi connectivity index (χ1n) is 7.15. The van der Waals surface area contributed by atoms with E-state index < -0.39 is 0 Å². The van der Waals surface area contributed by atoms with E-state index in [-0.39, 0.29) is 11.0 Å². The summed E-state index contributed by atoms with van der Waals surface area (Å²) in [6, 6.07) is 10.7. The van der Waals surface area contributed by atoms with Crippen molar-refractivity contribution >= 4 is 0 Å². The standard InChI is InChI=1S/C17H30N2/c1-16(2,3)18-13-17(4,5)14-19(6)12-15-10-8-7-9-11-15/h7-11,18H,12-14H2,1-6H3. The summed E-state index contributed by atoms with van der Waals surface area (Å²) in [4.78, 5) is 2.40. The Morgan fingerprint density at radius 1 is 1.00 bits per heavy atom. The highest BCUT2D eigenvalue weighted by Crippen LogP contribution is 2.18. The molecule has 0 spiro atoms. The molecule has 0 fully saturated rings. The van der Waals surface area contributed by atoms with Crippen LogP contribution >= 0.6 is 0 Å². The molecule has 1 N–H and O–H groups in total. The topological polar surface area (TPSA) is 15.3 Å². The molecule has 1 aromatic carbocycles. The van der Waals surface area contributed by atoms with E-state index in [2.05, 4.69) is 82.2 Å². The van der Waals surface area contributed by atoms with E-state index in [1.54, 1.807) is 0 Å². The number of rotatable bonds is 6. The van der Waals surface area contributed by atoms with Crippen molar-refractivity contribution in [3.8, 4) is 0 Å². The number of benzene rings is 1. The first-order chi connectivity index (χ1) is 8.68. The molecule has 0 aliphatic carbocycles. The van der Waals surface area contributed by atoms with E-state index in [0.717, 1.165) is 19.6 Å². The second kappa shape index (κ2) is 6.53. The summed E-state index contributed by atoms with van der Waals surface area (Å²) in [6.07, 6.45) is 0. The Labute approximate surface area is 119 Å². The summed E-state index contributed by atoms with van der Waals surface area (Å²) in [7, 11) is 2.20. The van der Waals surface area contributed by atoms with E-state index in [4.69, 9.17) is 0 Å². The third-order valence-corrected chi connectivity index (χ3v) is 3.09. The summed E-state index contributed by atoms with van der Waals surface area (Å²) in [5, 5.41) is 3.60. The van der Waals surface area contributed by atoms with Crippen LogP contribution in [0.1, 0.15) is 40.2 Å². The van der Waals surface area contributed by atoms with Crippen LogP contribution < -0.4 is 5.32 Å². The molecule has 19 heavy (non-hydrogen) atoms. The van der Waals surface area contributed by atoms with Crippen LogP contribution in [0.15, 0.2) is 30.3 Å². The minimum absolute atomic E-state index is 0.190. The van der Waals surface area contributed by atoms with Gasteiger partial charge in [-0.15, -0.1) is 0 Å². The van der Waals surface area contributed by atoms with E-state index >= 15 is 0 Å². The molecule has 0 heterocycles. The Kier molecular flexibility index (Phi) is 5.57. The van der Waals surface area contributed by atoms with Crippen LogP contribution in [0.4, 0.5) is 0 Å². The van der Waals surface area contributed by atoms with E-state index in [9.17, 15) is 0 Å². The second-order valence-corrected chi connectivity index (χ2v) is 7.43. The minimum atomic E-state index is 0.190. The van der Waals surface area contributed by atoms with Crippen molar-refractivity contribution in [3.63, 3.8) is 0 Å². The maximum absolute atomic E-state index is 3.60. The van der Waals surface area contributed by atoms with Gasteiger partial charge in [-0.2, -0.15) is 0 Å². The zero-order valence-corrected chi connectivity index (χ0v) is 13.5. The molecule has 0 saturated heterocycles. The maximum Gasteiger partial charge on any atom is 0.0230 e. The van der Waals surface area contributed by atoms with E-state index in [1.807, 2.05) is 0 Å². The molecule has 0 bridgehead atoms. The van der Waals surface area contributed by atoms with Crippen LogP contribution in [-0.2, 0) is 6.54 Å². The molecule has 1 rings (SSSR count). The molecule has 1 aromatic rings. The largest absolute Gasteiger partial charge is 0.311 e. The normalized spacial score (nSPS) is 13.0. The Hall–Kier alpha value is -0.860. The quantitative estimate of drug-likeness (QED) is 0.843. The lowest BCUT2D eigenvalue weighted by atomic mass is 9.91. The number of nitrogens with zero attached hydrogens (tertiary/aromatic N) is 1. The van der Waals surface area contributed by atoms with Gasteiger partial charge in [0.1, 0.15) is 0 Å². The predicted molar refractivity (Wildman–Crippen MR) is 84.3 cm³/mol. The fourth-order valence-electron chi connectivity index (χ4n) is 2.24. The van der Waals surface area contributed by atoms with Gasteiger partial charge in [0.2, 0.25) is 0 Å². The highest BCUT2D eigenvalue weighted by Gasteiger charge is 2.22. The monoisotopic (exact) mass is 262 g/mol. The number of nitrogens with one attached hydrogen (secondary N) is 1. The van der Waals surface area contributed by atoms with Crippen molar-refractivity contribution in [2.75, 3.05) is 20.1 Å². The average Bonchev–Trinajstić information content (AvgIpc) is 2.26. The number of hydrogen-bond acceptors (Lipinski definition) is 2. The molecule has 0 aliphatic heterocycles. The molecule has 108 valence electrons. The third-order valence-electron chi connectivity index (χ3n) is 3.09. The third kappa shape index (κ3) is 7.34. The molecule has 2 heteroatoms. The Morgan fingerprint density at radius 3 is 2.11 bits per heavy atom. The Morgan fingerprint density at radius 2 is 1.58 bits per heavy atom. The van der Waals surface area contributed by atoms with Crippen molar-refractivity contribution < 1.29 is 0 Å². The van der Waals surface area contributed by atoms with Gasteiger partial charge in [-0.1, -0.05) is 44.2 Å². The van der Waals surface area contributed by atoms with Crippen LogP contribution in [0.3, 0.4) is 0 Å². The zero-order chi connectivity index (χ0) is 14.5. The van der Waals surface area contributed by atoms with E-state index in [0.29, 0.717) is 0 Å². The summed E-state index contributed by atoms with van der Waals surface area (Å²) >= 11 is 0. The van der Waals surface area contributed by atoms with Crippen LogP contribution in [0.25, 0.3) is 0 Å². The van der Waals surface area contributed by atoms with Gasteiger partial charge in [0.15, 0.2) is 0 Å². The maximum atomic E-state index is 3.60. The fourth-order valence-corrected chi connectivity index (χ4v) is 2.24. The molecule has 0 aromatic heterocycles. The van der Waals surface area contributed by atoms with Crippen molar-refractivity contribution in [3.05, 3.63) is 35.9 Å². The lowest BCUT2D eigenvalue weighted by molar-refractivity contribution is 0.186. The van der Waals surface area contributed by atoms with Gasteiger partial charge in [0.25, 0.3) is 0 Å². The Bertz CT molecular complexity index is 363. The highest BCUT2D eigenvalue weighted by atomic mass is 15.1. The molecule has 0 atom stereocenters. The van der Waals surface area contributed by atoms with Gasteiger partial charge in [0, 0.05) is 25.2 Å². The van der Waals surface area contributed by atoms with Crippen LogP contribution in [0.2, 0.25) is 0 Å². The van der Waals surface area contributed by atoms with Gasteiger partial charge in [0.05, 0.1) is 0 Å². The Balaban J connectivity index is 2.44. The van der Waals surface area contributed by atoms with Gasteiger partial charge in [-0.3, -0.25) is 0 Å². The van der Waals surface area contributed by atoms with Gasteiger partial charge in [-0.05, 0) is 38.8 Å². The molecule has 0 aliphatic rings. The lowest BCUT2D eigenvalue weighted by Crippen LogP contribution is -2.45. The first-order valence-corrected chi connectivity index (χ1v) is 7.15. The van der Waals surface area contributed by atoms with Gasteiger partial charge >= 0.3 is 0 Å². The summed E-state index contributed by atoms with van der Waals surface area (Å²) in [6.45, 7) is 14.4. The molecular formula is C17H30N2. The van der Waals surface area contributed by atoms with E-state index in [1.165, 1.54) is 5.56 Å². The fraction of sp³-hybridized carbons (Fsp3) is 0.647. The molecule has 0 unspecified atom stereocenters. The highest BCUT2D eigenvalue weighted by molar-refractivity contribution is 5.14. The molecular weight excluding hydrogens is 232 g/mol. The van der Waals surface area contributed by atoms with Crippen LogP contribution in [0, 0.1) is 5.41 Å². The molecule has 0 amide bonds. The van der Waals surface area contributed by atoms with Crippen LogP contribution in [0.5, 0.6) is 0 Å². The predicted octanol–water partition coefficient (Wildman–Crippen LogP) is 3.53. The minimum Gasteiger partial charge on any atom is -0.311 e. The summed E-state index contributed by atoms with van der Waals surface area (Å²) in [5.41, 5.74) is 1.84. The summed E-state index contributed by atoms with van der Waals surface area (Å²) < 4.78 is 0. The second-order valence-electron chi connectivity index (χ2n) is 7.43. The SMILES string of the molecule is CN(Cc1ccccc1)CC(C)(C)CNC(C)(C)C. The van der Waals surface area contributed by atoms with Gasteiger partial charge in [-0.25, -0.2) is 0 Å². The first kappa shape index (κ1) is 16.2. The van der Waals surface area contributed by atoms with Crippen LogP contribution in [-0.4, -0.2) is 30.6 Å². The van der Waals surface area contributed by atoms with Crippen molar-refractivity contribution in [1.82, 2.24) is 10.2 Å². The molecule has 0 saturated carbocycles. The average molecular weight is 262 g/mol. The van der Waals surface area contributed by atoms with Crippen molar-refractivity contribution in [2.24, 2.45) is 5.41 Å². The summed E-state index contributed by atoms with van der Waals surface area (Å²) in [5.74, 6) is 0.